The molecule has 1 aromatic rings. The van der Waals surface area contributed by atoms with Crippen molar-refractivity contribution in [1.29, 1.82) is 0 Å². The zero-order valence-corrected chi connectivity index (χ0v) is 11.6. The molecule has 2 aliphatic heterocycles. The zero-order chi connectivity index (χ0) is 13.2. The van der Waals surface area contributed by atoms with E-state index in [1.165, 1.54) is 18.4 Å². The molecule has 0 spiro atoms. The summed E-state index contributed by atoms with van der Waals surface area (Å²) in [6.07, 6.45) is 4.70. The van der Waals surface area contributed by atoms with Crippen LogP contribution in [0.3, 0.4) is 0 Å². The molecule has 1 unspecified atom stereocenters. The Labute approximate surface area is 115 Å². The average Bonchev–Trinajstić information content (AvgIpc) is 2.85. The molecular formula is C15H23N3O. The number of nitrogens with two attached hydrogens (primary N) is 1. The van der Waals surface area contributed by atoms with Crippen molar-refractivity contribution in [2.45, 2.75) is 44.6 Å². The SMILES string of the molecule is CC1CCCN1c1cc(C2CCOCC2)cc(N)n1. The van der Waals surface area contributed by atoms with E-state index in [0.717, 1.165) is 38.4 Å². The minimum Gasteiger partial charge on any atom is -0.384 e. The molecule has 2 saturated heterocycles. The van der Waals surface area contributed by atoms with Crippen molar-refractivity contribution < 1.29 is 4.74 Å². The number of pyridine rings is 1. The van der Waals surface area contributed by atoms with Crippen LogP contribution in [-0.2, 0) is 4.74 Å². The van der Waals surface area contributed by atoms with E-state index in [2.05, 4.69) is 22.9 Å². The number of anilines is 2. The molecule has 1 atom stereocenters. The third-order valence-electron chi connectivity index (χ3n) is 4.39. The highest BCUT2D eigenvalue weighted by Gasteiger charge is 2.24. The Morgan fingerprint density at radius 1 is 1.26 bits per heavy atom. The summed E-state index contributed by atoms with van der Waals surface area (Å²) >= 11 is 0. The van der Waals surface area contributed by atoms with Gasteiger partial charge in [-0.25, -0.2) is 4.98 Å². The van der Waals surface area contributed by atoms with Crippen molar-refractivity contribution in [1.82, 2.24) is 4.98 Å². The van der Waals surface area contributed by atoms with Crippen molar-refractivity contribution in [3.05, 3.63) is 17.7 Å². The van der Waals surface area contributed by atoms with Gasteiger partial charge in [-0.05, 0) is 56.2 Å². The molecule has 19 heavy (non-hydrogen) atoms. The molecule has 3 rings (SSSR count). The van der Waals surface area contributed by atoms with E-state index in [1.54, 1.807) is 0 Å². The van der Waals surface area contributed by atoms with Gasteiger partial charge >= 0.3 is 0 Å². The van der Waals surface area contributed by atoms with Gasteiger partial charge in [0.15, 0.2) is 0 Å². The van der Waals surface area contributed by atoms with Crippen LogP contribution in [0.15, 0.2) is 12.1 Å². The van der Waals surface area contributed by atoms with Gasteiger partial charge in [0.05, 0.1) is 0 Å². The van der Waals surface area contributed by atoms with Gasteiger partial charge < -0.3 is 15.4 Å². The molecule has 0 saturated carbocycles. The third-order valence-corrected chi connectivity index (χ3v) is 4.39. The van der Waals surface area contributed by atoms with Crippen LogP contribution in [0.2, 0.25) is 0 Å². The normalized spacial score (nSPS) is 24.9. The van der Waals surface area contributed by atoms with Gasteiger partial charge in [0.2, 0.25) is 0 Å². The predicted octanol–water partition coefficient (Wildman–Crippen LogP) is 2.55. The number of rotatable bonds is 2. The van der Waals surface area contributed by atoms with Crippen molar-refractivity contribution >= 4 is 11.6 Å². The van der Waals surface area contributed by atoms with Crippen LogP contribution in [0.4, 0.5) is 11.6 Å². The predicted molar refractivity (Wildman–Crippen MR) is 77.5 cm³/mol. The summed E-state index contributed by atoms with van der Waals surface area (Å²) in [5.74, 6) is 2.29. The molecule has 104 valence electrons. The summed E-state index contributed by atoms with van der Waals surface area (Å²) in [5, 5.41) is 0. The van der Waals surface area contributed by atoms with Gasteiger partial charge in [-0.15, -0.1) is 0 Å². The van der Waals surface area contributed by atoms with E-state index in [9.17, 15) is 0 Å². The van der Waals surface area contributed by atoms with Crippen LogP contribution in [0, 0.1) is 0 Å². The number of aromatic nitrogens is 1. The second kappa shape index (κ2) is 5.37. The summed E-state index contributed by atoms with van der Waals surface area (Å²) < 4.78 is 5.44. The Morgan fingerprint density at radius 2 is 2.05 bits per heavy atom. The van der Waals surface area contributed by atoms with E-state index >= 15 is 0 Å². The second-order valence-corrected chi connectivity index (χ2v) is 5.75. The molecule has 0 bridgehead atoms. The highest BCUT2D eigenvalue weighted by atomic mass is 16.5. The maximum Gasteiger partial charge on any atom is 0.131 e. The number of nitrogen functional groups attached to an aromatic ring is 1. The molecule has 2 aliphatic rings. The van der Waals surface area contributed by atoms with Gasteiger partial charge in [0.1, 0.15) is 11.6 Å². The second-order valence-electron chi connectivity index (χ2n) is 5.75. The first-order chi connectivity index (χ1) is 9.24. The van der Waals surface area contributed by atoms with Crippen LogP contribution in [0.5, 0.6) is 0 Å². The lowest BCUT2D eigenvalue weighted by molar-refractivity contribution is 0.0853. The number of hydrogen-bond acceptors (Lipinski definition) is 4. The molecule has 0 amide bonds. The van der Waals surface area contributed by atoms with Crippen molar-refractivity contribution in [3.8, 4) is 0 Å². The molecule has 3 heterocycles. The first-order valence-electron chi connectivity index (χ1n) is 7.36. The van der Waals surface area contributed by atoms with Crippen molar-refractivity contribution in [2.75, 3.05) is 30.4 Å². The fourth-order valence-electron chi connectivity index (χ4n) is 3.25. The summed E-state index contributed by atoms with van der Waals surface area (Å²) in [5.41, 5.74) is 7.35. The van der Waals surface area contributed by atoms with Crippen LogP contribution in [-0.4, -0.2) is 30.8 Å². The average molecular weight is 261 g/mol. The van der Waals surface area contributed by atoms with E-state index < -0.39 is 0 Å². The topological polar surface area (TPSA) is 51.4 Å². The largest absolute Gasteiger partial charge is 0.384 e. The highest BCUT2D eigenvalue weighted by Crippen LogP contribution is 2.32. The fourth-order valence-corrected chi connectivity index (χ4v) is 3.25. The zero-order valence-electron chi connectivity index (χ0n) is 11.6. The number of nitrogens with zero attached hydrogens (tertiary/aromatic N) is 2. The standard InChI is InChI=1S/C15H23N3O/c1-11-3-2-6-18(11)15-10-13(9-14(16)17-15)12-4-7-19-8-5-12/h9-12H,2-8H2,1H3,(H2,16,17). The fraction of sp³-hybridized carbons (Fsp3) is 0.667. The molecule has 0 radical (unpaired) electrons. The molecule has 0 aromatic carbocycles. The molecule has 4 heteroatoms. The summed E-state index contributed by atoms with van der Waals surface area (Å²) in [7, 11) is 0. The Bertz CT molecular complexity index is 443. The van der Waals surface area contributed by atoms with E-state index in [4.69, 9.17) is 10.5 Å². The van der Waals surface area contributed by atoms with Crippen LogP contribution in [0.1, 0.15) is 44.1 Å². The molecule has 2 N–H and O–H groups in total. The van der Waals surface area contributed by atoms with Crippen molar-refractivity contribution in [3.63, 3.8) is 0 Å². The van der Waals surface area contributed by atoms with Gasteiger partial charge in [-0.3, -0.25) is 0 Å². The first kappa shape index (κ1) is 12.7. The Morgan fingerprint density at radius 3 is 2.74 bits per heavy atom. The quantitative estimate of drug-likeness (QED) is 0.889. The van der Waals surface area contributed by atoms with Crippen molar-refractivity contribution in [2.24, 2.45) is 0 Å². The van der Waals surface area contributed by atoms with E-state index in [0.29, 0.717) is 17.8 Å². The lowest BCUT2D eigenvalue weighted by Gasteiger charge is -2.26. The summed E-state index contributed by atoms with van der Waals surface area (Å²) in [4.78, 5) is 6.92. The molecule has 1 aromatic heterocycles. The minimum absolute atomic E-state index is 0.579. The molecular weight excluding hydrogens is 238 g/mol. The molecule has 2 fully saturated rings. The monoisotopic (exact) mass is 261 g/mol. The Hall–Kier alpha value is -1.29. The molecule has 4 nitrogen and oxygen atoms in total. The lowest BCUT2D eigenvalue weighted by Crippen LogP contribution is -2.27. The summed E-state index contributed by atoms with van der Waals surface area (Å²) in [6.45, 7) is 5.10. The molecule has 0 aliphatic carbocycles. The van der Waals surface area contributed by atoms with E-state index in [1.807, 2.05) is 6.07 Å². The third kappa shape index (κ3) is 2.68. The van der Waals surface area contributed by atoms with E-state index in [-0.39, 0.29) is 0 Å². The smallest absolute Gasteiger partial charge is 0.131 e. The van der Waals surface area contributed by atoms with Gasteiger partial charge in [0.25, 0.3) is 0 Å². The highest BCUT2D eigenvalue weighted by molar-refractivity contribution is 5.50. The lowest BCUT2D eigenvalue weighted by atomic mass is 9.92. The number of hydrogen-bond donors (Lipinski definition) is 1. The van der Waals surface area contributed by atoms with Gasteiger partial charge in [-0.2, -0.15) is 0 Å². The van der Waals surface area contributed by atoms with Gasteiger partial charge in [-0.1, -0.05) is 0 Å². The Balaban J connectivity index is 1.86. The maximum absolute atomic E-state index is 6.01. The van der Waals surface area contributed by atoms with Crippen LogP contribution < -0.4 is 10.6 Å². The van der Waals surface area contributed by atoms with Gasteiger partial charge in [0, 0.05) is 25.8 Å². The Kier molecular flexibility index (Phi) is 3.60. The minimum atomic E-state index is 0.579. The summed E-state index contributed by atoms with van der Waals surface area (Å²) in [6, 6.07) is 4.87. The number of ether oxygens (including phenoxy) is 1. The maximum atomic E-state index is 6.01. The van der Waals surface area contributed by atoms with Crippen LogP contribution >= 0.6 is 0 Å². The van der Waals surface area contributed by atoms with Crippen LogP contribution in [0.25, 0.3) is 0 Å². The first-order valence-corrected chi connectivity index (χ1v) is 7.36.